The Morgan fingerprint density at radius 2 is 1.68 bits per heavy atom. The molecule has 0 spiro atoms. The van der Waals surface area contributed by atoms with Crippen molar-refractivity contribution >= 4 is 39.9 Å². The number of halogens is 2. The maximum atomic E-state index is 12.1. The minimum atomic E-state index is -0.212. The Morgan fingerprint density at radius 3 is 2.40 bits per heavy atom. The normalized spacial score (nSPS) is 10.7. The van der Waals surface area contributed by atoms with E-state index in [9.17, 15) is 4.79 Å². The maximum absolute atomic E-state index is 12.1. The summed E-state index contributed by atoms with van der Waals surface area (Å²) in [6.07, 6.45) is 0. The van der Waals surface area contributed by atoms with Gasteiger partial charge in [-0.25, -0.2) is 0 Å². The van der Waals surface area contributed by atoms with Gasteiger partial charge < -0.3 is 10.1 Å². The number of carbonyl (C=O) groups is 1. The monoisotopic (exact) mass is 373 g/mol. The number of benzene rings is 3. The largest absolute Gasteiger partial charge is 0.482 e. The standard InChI is InChI=1S/C20H17Cl2NO2/c1-13-6-8-14(9-7-13)11-23-19(24)12-25-20-16-5-3-2-4-15(16)17(21)10-18(20)22/h2-10H,11-12H2,1H3,(H,23,24). The Balaban J connectivity index is 1.66. The van der Waals surface area contributed by atoms with E-state index in [1.807, 2.05) is 55.5 Å². The molecule has 0 unspecified atom stereocenters. The van der Waals surface area contributed by atoms with Gasteiger partial charge in [-0.2, -0.15) is 0 Å². The van der Waals surface area contributed by atoms with Gasteiger partial charge in [0, 0.05) is 17.3 Å². The summed E-state index contributed by atoms with van der Waals surface area (Å²) in [5, 5.41) is 5.39. The molecule has 0 heterocycles. The van der Waals surface area contributed by atoms with E-state index in [-0.39, 0.29) is 12.5 Å². The second kappa shape index (κ2) is 7.77. The van der Waals surface area contributed by atoms with Crippen LogP contribution < -0.4 is 10.1 Å². The molecule has 0 aliphatic carbocycles. The Bertz CT molecular complexity index is 907. The summed E-state index contributed by atoms with van der Waals surface area (Å²) < 4.78 is 5.67. The number of carbonyl (C=O) groups excluding carboxylic acids is 1. The highest BCUT2D eigenvalue weighted by Gasteiger charge is 2.12. The quantitative estimate of drug-likeness (QED) is 0.671. The molecule has 1 N–H and O–H groups in total. The highest BCUT2D eigenvalue weighted by Crippen LogP contribution is 2.37. The van der Waals surface area contributed by atoms with Crippen molar-refractivity contribution in [2.24, 2.45) is 0 Å². The first-order valence-corrected chi connectivity index (χ1v) is 8.62. The molecule has 1 amide bonds. The van der Waals surface area contributed by atoms with Gasteiger partial charge in [-0.05, 0) is 18.6 Å². The van der Waals surface area contributed by atoms with Crippen LogP contribution in [0.4, 0.5) is 0 Å². The van der Waals surface area contributed by atoms with Crippen molar-refractivity contribution in [2.45, 2.75) is 13.5 Å². The lowest BCUT2D eigenvalue weighted by molar-refractivity contribution is -0.123. The van der Waals surface area contributed by atoms with Crippen molar-refractivity contribution in [3.05, 3.63) is 75.8 Å². The first-order valence-electron chi connectivity index (χ1n) is 7.86. The topological polar surface area (TPSA) is 38.3 Å². The van der Waals surface area contributed by atoms with Crippen LogP contribution in [0.15, 0.2) is 54.6 Å². The number of ether oxygens (including phenoxy) is 1. The van der Waals surface area contributed by atoms with Crippen LogP contribution in [0.3, 0.4) is 0 Å². The molecule has 3 aromatic rings. The van der Waals surface area contributed by atoms with Crippen LogP contribution in [0.1, 0.15) is 11.1 Å². The number of rotatable bonds is 5. The first-order chi connectivity index (χ1) is 12.0. The molecule has 0 aliphatic heterocycles. The van der Waals surface area contributed by atoms with Gasteiger partial charge >= 0.3 is 0 Å². The van der Waals surface area contributed by atoms with Gasteiger partial charge in [0.25, 0.3) is 5.91 Å². The summed E-state index contributed by atoms with van der Waals surface area (Å²) in [7, 11) is 0. The molecule has 128 valence electrons. The highest BCUT2D eigenvalue weighted by atomic mass is 35.5. The minimum Gasteiger partial charge on any atom is -0.482 e. The predicted octanol–water partition coefficient (Wildman–Crippen LogP) is 5.15. The number of nitrogens with one attached hydrogen (secondary N) is 1. The summed E-state index contributed by atoms with van der Waals surface area (Å²) in [5.41, 5.74) is 2.22. The molecule has 3 nitrogen and oxygen atoms in total. The Morgan fingerprint density at radius 1 is 1.00 bits per heavy atom. The van der Waals surface area contributed by atoms with Gasteiger partial charge in [0.2, 0.25) is 0 Å². The minimum absolute atomic E-state index is 0.114. The molecule has 25 heavy (non-hydrogen) atoms. The van der Waals surface area contributed by atoms with Gasteiger partial charge in [-0.1, -0.05) is 77.3 Å². The maximum Gasteiger partial charge on any atom is 0.258 e. The van der Waals surface area contributed by atoms with Gasteiger partial charge in [0.15, 0.2) is 6.61 Å². The molecule has 0 saturated heterocycles. The van der Waals surface area contributed by atoms with Crippen LogP contribution in [0, 0.1) is 6.92 Å². The van der Waals surface area contributed by atoms with E-state index in [2.05, 4.69) is 5.32 Å². The lowest BCUT2D eigenvalue weighted by Crippen LogP contribution is -2.28. The van der Waals surface area contributed by atoms with Crippen molar-refractivity contribution in [1.82, 2.24) is 5.32 Å². The van der Waals surface area contributed by atoms with Crippen molar-refractivity contribution in [3.8, 4) is 5.75 Å². The summed E-state index contributed by atoms with van der Waals surface area (Å²) in [6, 6.07) is 17.1. The zero-order valence-electron chi connectivity index (χ0n) is 13.7. The average molecular weight is 374 g/mol. The number of aryl methyl sites for hydroxylation is 1. The van der Waals surface area contributed by atoms with E-state index in [0.29, 0.717) is 22.3 Å². The third-order valence-electron chi connectivity index (χ3n) is 3.86. The fraction of sp³-hybridized carbons (Fsp3) is 0.150. The summed E-state index contributed by atoms with van der Waals surface area (Å²) in [5.74, 6) is 0.253. The molecule has 3 aromatic carbocycles. The van der Waals surface area contributed by atoms with Crippen molar-refractivity contribution < 1.29 is 9.53 Å². The Hall–Kier alpha value is -2.23. The molecule has 0 bridgehead atoms. The molecule has 0 atom stereocenters. The third kappa shape index (κ3) is 4.25. The second-order valence-electron chi connectivity index (χ2n) is 5.77. The first kappa shape index (κ1) is 17.6. The zero-order valence-corrected chi connectivity index (χ0v) is 15.2. The van der Waals surface area contributed by atoms with Crippen molar-refractivity contribution in [2.75, 3.05) is 6.61 Å². The molecular weight excluding hydrogens is 357 g/mol. The molecule has 5 heteroatoms. The van der Waals surface area contributed by atoms with Gasteiger partial charge in [-0.3, -0.25) is 4.79 Å². The van der Waals surface area contributed by atoms with Crippen molar-refractivity contribution in [1.29, 1.82) is 0 Å². The summed E-state index contributed by atoms with van der Waals surface area (Å²) in [4.78, 5) is 12.1. The van der Waals surface area contributed by atoms with Gasteiger partial charge in [-0.15, -0.1) is 0 Å². The molecule has 0 radical (unpaired) electrons. The Kier molecular flexibility index (Phi) is 5.47. The van der Waals surface area contributed by atoms with E-state index < -0.39 is 0 Å². The molecule has 0 aliphatic rings. The fourth-order valence-electron chi connectivity index (χ4n) is 2.51. The van der Waals surface area contributed by atoms with E-state index in [1.54, 1.807) is 6.07 Å². The molecule has 0 fully saturated rings. The molecule has 3 rings (SSSR count). The molecule has 0 aromatic heterocycles. The summed E-state index contributed by atoms with van der Waals surface area (Å²) in [6.45, 7) is 2.37. The van der Waals surface area contributed by atoms with Crippen LogP contribution in [0.5, 0.6) is 5.75 Å². The summed E-state index contributed by atoms with van der Waals surface area (Å²) >= 11 is 12.4. The molecule has 0 saturated carbocycles. The van der Waals surface area contributed by atoms with E-state index in [1.165, 1.54) is 5.56 Å². The third-order valence-corrected chi connectivity index (χ3v) is 4.45. The number of fused-ring (bicyclic) bond motifs is 1. The van der Waals surface area contributed by atoms with Crippen LogP contribution >= 0.6 is 23.2 Å². The van der Waals surface area contributed by atoms with Crippen LogP contribution in [-0.2, 0) is 11.3 Å². The zero-order chi connectivity index (χ0) is 17.8. The lowest BCUT2D eigenvalue weighted by atomic mass is 10.1. The van der Waals surface area contributed by atoms with E-state index in [0.717, 1.165) is 16.3 Å². The fourth-order valence-corrected chi connectivity index (χ4v) is 3.11. The smallest absolute Gasteiger partial charge is 0.258 e. The second-order valence-corrected chi connectivity index (χ2v) is 6.58. The van der Waals surface area contributed by atoms with Crippen LogP contribution in [-0.4, -0.2) is 12.5 Å². The highest BCUT2D eigenvalue weighted by molar-refractivity contribution is 6.39. The van der Waals surface area contributed by atoms with Crippen LogP contribution in [0.25, 0.3) is 10.8 Å². The Labute approximate surface area is 156 Å². The lowest BCUT2D eigenvalue weighted by Gasteiger charge is -2.12. The van der Waals surface area contributed by atoms with Gasteiger partial charge in [0.05, 0.1) is 10.0 Å². The number of amides is 1. The SMILES string of the molecule is Cc1ccc(CNC(=O)COc2c(Cl)cc(Cl)c3ccccc23)cc1. The van der Waals surface area contributed by atoms with E-state index in [4.69, 9.17) is 27.9 Å². The average Bonchev–Trinajstić information content (AvgIpc) is 2.61. The number of hydrogen-bond acceptors (Lipinski definition) is 2. The van der Waals surface area contributed by atoms with Crippen molar-refractivity contribution in [3.63, 3.8) is 0 Å². The van der Waals surface area contributed by atoms with Crippen LogP contribution in [0.2, 0.25) is 10.0 Å². The predicted molar refractivity (Wildman–Crippen MR) is 102 cm³/mol. The number of hydrogen-bond donors (Lipinski definition) is 1. The van der Waals surface area contributed by atoms with E-state index >= 15 is 0 Å². The molecular formula is C20H17Cl2NO2. The van der Waals surface area contributed by atoms with Gasteiger partial charge in [0.1, 0.15) is 5.75 Å².